The van der Waals surface area contributed by atoms with Crippen molar-refractivity contribution in [2.75, 3.05) is 20.2 Å². The highest BCUT2D eigenvalue weighted by molar-refractivity contribution is 5.80. The molecule has 0 saturated carbocycles. The van der Waals surface area contributed by atoms with Crippen LogP contribution in [0.4, 0.5) is 13.2 Å². The first-order chi connectivity index (χ1) is 14.3. The highest BCUT2D eigenvalue weighted by Crippen LogP contribution is 2.26. The van der Waals surface area contributed by atoms with E-state index in [0.717, 1.165) is 6.42 Å². The van der Waals surface area contributed by atoms with Crippen LogP contribution in [0.25, 0.3) is 22.4 Å². The summed E-state index contributed by atoms with van der Waals surface area (Å²) < 4.78 is 47.8. The fourth-order valence-corrected chi connectivity index (χ4v) is 3.44. The molecule has 2 aromatic heterocycles. The summed E-state index contributed by atoms with van der Waals surface area (Å²) in [6, 6.07) is 8.94. The van der Waals surface area contributed by atoms with Crippen molar-refractivity contribution in [3.05, 3.63) is 42.7 Å². The Morgan fingerprint density at radius 1 is 1.20 bits per heavy atom. The molecule has 0 unspecified atom stereocenters. The highest BCUT2D eigenvalue weighted by atomic mass is 19.4. The van der Waals surface area contributed by atoms with E-state index in [0.29, 0.717) is 35.5 Å². The zero-order valence-corrected chi connectivity index (χ0v) is 16.1. The maximum atomic E-state index is 12.6. The SMILES string of the molecule is CO[C@H]1CCN(C(=O)Cn2cnc3ccc(-c4ccc(OC(F)(F)F)cc4)nc32)C1. The Kier molecular flexibility index (Phi) is 5.33. The third-order valence-corrected chi connectivity index (χ3v) is 4.98. The summed E-state index contributed by atoms with van der Waals surface area (Å²) in [6.45, 7) is 1.31. The van der Waals surface area contributed by atoms with Gasteiger partial charge in [0.1, 0.15) is 17.8 Å². The van der Waals surface area contributed by atoms with Crippen LogP contribution in [0.2, 0.25) is 0 Å². The van der Waals surface area contributed by atoms with Crippen LogP contribution in [-0.2, 0) is 16.1 Å². The van der Waals surface area contributed by atoms with Gasteiger partial charge in [0.05, 0.1) is 18.1 Å². The number of halogens is 3. The summed E-state index contributed by atoms with van der Waals surface area (Å²) in [5, 5.41) is 0. The van der Waals surface area contributed by atoms with Crippen LogP contribution in [0.1, 0.15) is 6.42 Å². The molecule has 158 valence electrons. The Labute approximate surface area is 170 Å². The predicted molar refractivity (Wildman–Crippen MR) is 102 cm³/mol. The van der Waals surface area contributed by atoms with Crippen LogP contribution in [0.5, 0.6) is 5.75 Å². The Morgan fingerprint density at radius 2 is 1.97 bits per heavy atom. The van der Waals surface area contributed by atoms with Gasteiger partial charge < -0.3 is 18.9 Å². The van der Waals surface area contributed by atoms with Crippen molar-refractivity contribution in [2.45, 2.75) is 25.4 Å². The van der Waals surface area contributed by atoms with Crippen molar-refractivity contribution in [1.82, 2.24) is 19.4 Å². The second-order valence-electron chi connectivity index (χ2n) is 6.97. The number of methoxy groups -OCH3 is 1. The normalized spacial score (nSPS) is 16.9. The van der Waals surface area contributed by atoms with E-state index in [1.54, 1.807) is 35.0 Å². The number of fused-ring (bicyclic) bond motifs is 1. The number of nitrogens with zero attached hydrogens (tertiary/aromatic N) is 4. The number of likely N-dealkylation sites (tertiary alicyclic amines) is 1. The smallest absolute Gasteiger partial charge is 0.406 e. The molecule has 1 aliphatic heterocycles. The minimum atomic E-state index is -4.74. The number of carbonyl (C=O) groups excluding carboxylic acids is 1. The lowest BCUT2D eigenvalue weighted by atomic mass is 10.1. The van der Waals surface area contributed by atoms with Gasteiger partial charge in [0.25, 0.3) is 0 Å². The second kappa shape index (κ2) is 7.94. The first kappa shape index (κ1) is 20.1. The van der Waals surface area contributed by atoms with Crippen LogP contribution in [-0.4, -0.2) is 58.0 Å². The van der Waals surface area contributed by atoms with Crippen LogP contribution in [0.3, 0.4) is 0 Å². The molecule has 1 atom stereocenters. The minimum absolute atomic E-state index is 0.0466. The Hall–Kier alpha value is -3.14. The first-order valence-electron chi connectivity index (χ1n) is 9.31. The largest absolute Gasteiger partial charge is 0.573 e. The molecule has 1 amide bonds. The monoisotopic (exact) mass is 420 g/mol. The van der Waals surface area contributed by atoms with Gasteiger partial charge >= 0.3 is 6.36 Å². The summed E-state index contributed by atoms with van der Waals surface area (Å²) in [4.78, 5) is 23.2. The van der Waals surface area contributed by atoms with Crippen LogP contribution < -0.4 is 4.74 Å². The van der Waals surface area contributed by atoms with E-state index in [4.69, 9.17) is 4.74 Å². The average molecular weight is 420 g/mol. The van der Waals surface area contributed by atoms with Crippen molar-refractivity contribution in [3.8, 4) is 17.0 Å². The molecule has 1 saturated heterocycles. The van der Waals surface area contributed by atoms with E-state index in [1.807, 2.05) is 0 Å². The number of imidazole rings is 1. The number of hydrogen-bond donors (Lipinski definition) is 0. The number of carbonyl (C=O) groups is 1. The van der Waals surface area contributed by atoms with Gasteiger partial charge in [-0.2, -0.15) is 0 Å². The average Bonchev–Trinajstić information content (AvgIpc) is 3.34. The quantitative estimate of drug-likeness (QED) is 0.634. The Bertz CT molecular complexity index is 1050. The number of benzene rings is 1. The van der Waals surface area contributed by atoms with Gasteiger partial charge in [0, 0.05) is 25.8 Å². The molecule has 3 heterocycles. The molecular formula is C20H19F3N4O3. The van der Waals surface area contributed by atoms with Crippen molar-refractivity contribution < 1.29 is 27.4 Å². The lowest BCUT2D eigenvalue weighted by molar-refractivity contribution is -0.274. The van der Waals surface area contributed by atoms with E-state index in [1.165, 1.54) is 24.3 Å². The maximum absolute atomic E-state index is 12.6. The van der Waals surface area contributed by atoms with E-state index in [-0.39, 0.29) is 24.3 Å². The van der Waals surface area contributed by atoms with E-state index >= 15 is 0 Å². The molecule has 7 nitrogen and oxygen atoms in total. The topological polar surface area (TPSA) is 69.5 Å². The van der Waals surface area contributed by atoms with Gasteiger partial charge in [-0.1, -0.05) is 0 Å². The van der Waals surface area contributed by atoms with Crippen molar-refractivity contribution in [2.24, 2.45) is 0 Å². The van der Waals surface area contributed by atoms with E-state index in [9.17, 15) is 18.0 Å². The van der Waals surface area contributed by atoms with Crippen LogP contribution >= 0.6 is 0 Å². The van der Waals surface area contributed by atoms with Crippen LogP contribution in [0, 0.1) is 0 Å². The molecule has 1 aliphatic rings. The van der Waals surface area contributed by atoms with Crippen molar-refractivity contribution >= 4 is 17.1 Å². The number of hydrogen-bond acceptors (Lipinski definition) is 5. The third kappa shape index (κ3) is 4.38. The van der Waals surface area contributed by atoms with E-state index < -0.39 is 6.36 Å². The zero-order valence-electron chi connectivity index (χ0n) is 16.1. The maximum Gasteiger partial charge on any atom is 0.573 e. The summed E-state index contributed by atoms with van der Waals surface area (Å²) in [7, 11) is 1.63. The second-order valence-corrected chi connectivity index (χ2v) is 6.97. The van der Waals surface area contributed by atoms with Gasteiger partial charge in [-0.3, -0.25) is 4.79 Å². The molecule has 30 heavy (non-hydrogen) atoms. The number of aromatic nitrogens is 3. The van der Waals surface area contributed by atoms with Gasteiger partial charge in [-0.15, -0.1) is 13.2 Å². The lowest BCUT2D eigenvalue weighted by Gasteiger charge is -2.16. The number of amides is 1. The molecule has 0 radical (unpaired) electrons. The fourth-order valence-electron chi connectivity index (χ4n) is 3.44. The van der Waals surface area contributed by atoms with Crippen molar-refractivity contribution in [1.29, 1.82) is 0 Å². The first-order valence-corrected chi connectivity index (χ1v) is 9.31. The number of alkyl halides is 3. The molecule has 4 rings (SSSR count). The molecule has 0 N–H and O–H groups in total. The predicted octanol–water partition coefficient (Wildman–Crippen LogP) is 3.24. The van der Waals surface area contributed by atoms with Crippen LogP contribution in [0.15, 0.2) is 42.7 Å². The third-order valence-electron chi connectivity index (χ3n) is 4.98. The molecule has 0 aliphatic carbocycles. The molecule has 0 bridgehead atoms. The summed E-state index contributed by atoms with van der Waals surface area (Å²) >= 11 is 0. The Morgan fingerprint density at radius 3 is 2.63 bits per heavy atom. The summed E-state index contributed by atoms with van der Waals surface area (Å²) in [5.41, 5.74) is 2.32. The summed E-state index contributed by atoms with van der Waals surface area (Å²) in [5.74, 6) is -0.349. The molecule has 10 heteroatoms. The van der Waals surface area contributed by atoms with Gasteiger partial charge in [-0.05, 0) is 42.8 Å². The zero-order chi connectivity index (χ0) is 21.3. The lowest BCUT2D eigenvalue weighted by Crippen LogP contribution is -2.32. The highest BCUT2D eigenvalue weighted by Gasteiger charge is 2.31. The van der Waals surface area contributed by atoms with Gasteiger partial charge in [-0.25, -0.2) is 9.97 Å². The molecule has 1 aromatic carbocycles. The van der Waals surface area contributed by atoms with Crippen molar-refractivity contribution in [3.63, 3.8) is 0 Å². The molecular weight excluding hydrogens is 401 g/mol. The molecule has 1 fully saturated rings. The Balaban J connectivity index is 1.53. The van der Waals surface area contributed by atoms with E-state index in [2.05, 4.69) is 14.7 Å². The fraction of sp³-hybridized carbons (Fsp3) is 0.350. The summed E-state index contributed by atoms with van der Waals surface area (Å²) in [6.07, 6.45) is -2.31. The number of ether oxygens (including phenoxy) is 2. The van der Waals surface area contributed by atoms with Gasteiger partial charge in [0.15, 0.2) is 5.65 Å². The number of pyridine rings is 1. The standard InChI is InChI=1S/C20H19F3N4O3/c1-29-15-8-9-26(10-15)18(28)11-27-12-24-17-7-6-16(25-19(17)27)13-2-4-14(5-3-13)30-20(21,22)23/h2-7,12,15H,8-11H2,1H3/t15-/m0/s1. The minimum Gasteiger partial charge on any atom is -0.406 e. The molecule has 0 spiro atoms. The number of rotatable bonds is 5. The van der Waals surface area contributed by atoms with Gasteiger partial charge in [0.2, 0.25) is 5.91 Å². The molecule has 3 aromatic rings.